The van der Waals surface area contributed by atoms with Gasteiger partial charge in [-0.15, -0.1) is 0 Å². The van der Waals surface area contributed by atoms with Gasteiger partial charge in [0, 0.05) is 13.1 Å². The first kappa shape index (κ1) is 9.73. The van der Waals surface area contributed by atoms with E-state index in [1.165, 1.54) is 0 Å². The van der Waals surface area contributed by atoms with Crippen molar-refractivity contribution in [2.75, 3.05) is 17.8 Å². The molecule has 0 unspecified atom stereocenters. The number of rotatable bonds is 4. The van der Waals surface area contributed by atoms with Crippen LogP contribution in [0.25, 0.3) is 0 Å². The Morgan fingerprint density at radius 2 is 1.62 bits per heavy atom. The zero-order chi connectivity index (χ0) is 10.0. The maximum atomic E-state index is 11.0. The molecule has 0 amide bonds. The summed E-state index contributed by atoms with van der Waals surface area (Å²) in [7, 11) is 1.63. The lowest BCUT2D eigenvalue weighted by molar-refractivity contribution is 0.888. The lowest BCUT2D eigenvalue weighted by Crippen LogP contribution is -2.40. The van der Waals surface area contributed by atoms with Crippen LogP contribution in [0.4, 0.5) is 11.4 Å². The van der Waals surface area contributed by atoms with E-state index in [0.717, 1.165) is 0 Å². The molecule has 0 bridgehead atoms. The summed E-state index contributed by atoms with van der Waals surface area (Å²) < 4.78 is 0. The van der Waals surface area contributed by atoms with Gasteiger partial charge < -0.3 is 10.7 Å². The number of anilines is 2. The molecule has 72 valence electrons. The van der Waals surface area contributed by atoms with E-state index in [2.05, 4.69) is 16.2 Å². The van der Waals surface area contributed by atoms with Crippen molar-refractivity contribution in [1.29, 1.82) is 0 Å². The highest BCUT2D eigenvalue weighted by atomic mass is 16.2. The van der Waals surface area contributed by atoms with E-state index in [0.29, 0.717) is 11.4 Å². The minimum absolute atomic E-state index is 0.140. The smallest absolute Gasteiger partial charge is 0.254 e. The van der Waals surface area contributed by atoms with Gasteiger partial charge in [0.15, 0.2) is 0 Å². The van der Waals surface area contributed by atoms with E-state index in [1.807, 2.05) is 13.8 Å². The van der Waals surface area contributed by atoms with Gasteiger partial charge in [-0.25, -0.2) is 5.43 Å². The Balaban J connectivity index is 2.88. The normalized spacial score (nSPS) is 10.8. The Hall–Kier alpha value is -1.36. The van der Waals surface area contributed by atoms with Crippen molar-refractivity contribution in [1.82, 2.24) is 5.43 Å². The maximum Gasteiger partial charge on any atom is 0.254 e. The Labute approximate surface area is 75.8 Å². The second kappa shape index (κ2) is 3.57. The Morgan fingerprint density at radius 3 is 2.08 bits per heavy atom. The molecule has 1 rings (SSSR count). The fraction of sp³-hybridized carbons (Fsp3) is 0.500. The highest BCUT2D eigenvalue weighted by Crippen LogP contribution is 2.13. The summed E-state index contributed by atoms with van der Waals surface area (Å²) in [4.78, 5) is 22.0. The summed E-state index contributed by atoms with van der Waals surface area (Å²) in [6.45, 7) is 3.81. The minimum atomic E-state index is -0.475. The molecule has 0 aromatic heterocycles. The third kappa shape index (κ3) is 1.70. The van der Waals surface area contributed by atoms with Crippen LogP contribution < -0.4 is 27.0 Å². The standard InChI is InChI=1S/C8H13N3O2/c1-4(2)10-5-6(11-9-3)8(13)7(5)12/h4,9-11H,1-3H3. The van der Waals surface area contributed by atoms with Gasteiger partial charge in [0.1, 0.15) is 11.4 Å². The van der Waals surface area contributed by atoms with E-state index in [4.69, 9.17) is 0 Å². The number of hydrazine groups is 1. The van der Waals surface area contributed by atoms with Crippen LogP contribution in [0, 0.1) is 0 Å². The van der Waals surface area contributed by atoms with Crippen LogP contribution >= 0.6 is 0 Å². The molecule has 3 N–H and O–H groups in total. The Kier molecular flexibility index (Phi) is 2.67. The molecule has 1 aromatic rings. The van der Waals surface area contributed by atoms with E-state index >= 15 is 0 Å². The SMILES string of the molecule is CNNc1c(NC(C)C)c(=O)c1=O. The van der Waals surface area contributed by atoms with E-state index in [9.17, 15) is 9.59 Å². The molecule has 0 atom stereocenters. The molecule has 0 radical (unpaired) electrons. The van der Waals surface area contributed by atoms with E-state index in [1.54, 1.807) is 7.05 Å². The lowest BCUT2D eigenvalue weighted by atomic mass is 10.2. The van der Waals surface area contributed by atoms with Crippen molar-refractivity contribution in [3.8, 4) is 0 Å². The first-order chi connectivity index (χ1) is 6.07. The largest absolute Gasteiger partial charge is 0.378 e. The number of hydrogen-bond donors (Lipinski definition) is 3. The molecular formula is C8H13N3O2. The van der Waals surface area contributed by atoms with Crippen molar-refractivity contribution in [3.63, 3.8) is 0 Å². The first-order valence-corrected chi connectivity index (χ1v) is 4.10. The van der Waals surface area contributed by atoms with Crippen molar-refractivity contribution >= 4 is 11.4 Å². The van der Waals surface area contributed by atoms with Crippen LogP contribution in [0.5, 0.6) is 0 Å². The quantitative estimate of drug-likeness (QED) is 0.439. The molecule has 0 spiro atoms. The summed E-state index contributed by atoms with van der Waals surface area (Å²) in [5, 5.41) is 2.90. The molecule has 0 aliphatic carbocycles. The molecule has 0 saturated heterocycles. The monoisotopic (exact) mass is 183 g/mol. The summed E-state index contributed by atoms with van der Waals surface area (Å²) in [6.07, 6.45) is 0. The third-order valence-corrected chi connectivity index (χ3v) is 1.59. The molecule has 0 aliphatic rings. The second-order valence-corrected chi connectivity index (χ2v) is 3.08. The fourth-order valence-corrected chi connectivity index (χ4v) is 1.06. The van der Waals surface area contributed by atoms with Crippen LogP contribution in [0.1, 0.15) is 13.8 Å². The van der Waals surface area contributed by atoms with Crippen LogP contribution in [0.15, 0.2) is 9.59 Å². The lowest BCUT2D eigenvalue weighted by Gasteiger charge is -2.15. The molecule has 0 fully saturated rings. The van der Waals surface area contributed by atoms with Gasteiger partial charge in [0.25, 0.3) is 10.9 Å². The van der Waals surface area contributed by atoms with Gasteiger partial charge in [0.2, 0.25) is 0 Å². The van der Waals surface area contributed by atoms with Crippen LogP contribution in [0.3, 0.4) is 0 Å². The Bertz CT molecular complexity index is 363. The second-order valence-electron chi connectivity index (χ2n) is 3.08. The summed E-state index contributed by atoms with van der Waals surface area (Å²) in [6, 6.07) is 0.140. The summed E-state index contributed by atoms with van der Waals surface area (Å²) in [5.74, 6) is 0. The van der Waals surface area contributed by atoms with Crippen LogP contribution in [-0.4, -0.2) is 13.1 Å². The molecule has 0 aliphatic heterocycles. The van der Waals surface area contributed by atoms with Gasteiger partial charge in [-0.3, -0.25) is 9.59 Å². The summed E-state index contributed by atoms with van der Waals surface area (Å²) in [5.41, 5.74) is 4.98. The molecule has 1 aromatic carbocycles. The average Bonchev–Trinajstić information content (AvgIpc) is 2.10. The van der Waals surface area contributed by atoms with Crippen LogP contribution in [-0.2, 0) is 0 Å². The van der Waals surface area contributed by atoms with Gasteiger partial charge >= 0.3 is 0 Å². The minimum Gasteiger partial charge on any atom is -0.378 e. The molecule has 5 nitrogen and oxygen atoms in total. The molecule has 0 saturated carbocycles. The van der Waals surface area contributed by atoms with E-state index in [-0.39, 0.29) is 6.04 Å². The number of nitrogens with one attached hydrogen (secondary N) is 3. The summed E-state index contributed by atoms with van der Waals surface area (Å²) >= 11 is 0. The van der Waals surface area contributed by atoms with Crippen molar-refractivity contribution in [2.45, 2.75) is 19.9 Å². The van der Waals surface area contributed by atoms with Crippen molar-refractivity contribution in [2.24, 2.45) is 0 Å². The highest BCUT2D eigenvalue weighted by molar-refractivity contribution is 5.73. The zero-order valence-electron chi connectivity index (χ0n) is 7.89. The predicted octanol–water partition coefficient (Wildman–Crippen LogP) is -0.351. The van der Waals surface area contributed by atoms with Crippen molar-refractivity contribution < 1.29 is 0 Å². The first-order valence-electron chi connectivity index (χ1n) is 4.10. The van der Waals surface area contributed by atoms with Gasteiger partial charge in [0.05, 0.1) is 0 Å². The van der Waals surface area contributed by atoms with E-state index < -0.39 is 10.9 Å². The van der Waals surface area contributed by atoms with Gasteiger partial charge in [-0.2, -0.15) is 0 Å². The van der Waals surface area contributed by atoms with Gasteiger partial charge in [-0.1, -0.05) is 0 Å². The Morgan fingerprint density at radius 1 is 1.08 bits per heavy atom. The fourth-order valence-electron chi connectivity index (χ4n) is 1.06. The zero-order valence-corrected chi connectivity index (χ0v) is 7.89. The molecule has 13 heavy (non-hydrogen) atoms. The highest BCUT2D eigenvalue weighted by Gasteiger charge is 2.20. The predicted molar refractivity (Wildman–Crippen MR) is 52.8 cm³/mol. The molecule has 5 heteroatoms. The topological polar surface area (TPSA) is 70.2 Å². The third-order valence-electron chi connectivity index (χ3n) is 1.59. The van der Waals surface area contributed by atoms with Crippen molar-refractivity contribution in [3.05, 3.63) is 20.4 Å². The molecule has 0 heterocycles. The molecular weight excluding hydrogens is 170 g/mol. The van der Waals surface area contributed by atoms with Gasteiger partial charge in [-0.05, 0) is 13.8 Å². The maximum absolute atomic E-state index is 11.0. The van der Waals surface area contributed by atoms with Crippen LogP contribution in [0.2, 0.25) is 0 Å². The average molecular weight is 183 g/mol. The number of hydrogen-bond acceptors (Lipinski definition) is 5.